The van der Waals surface area contributed by atoms with Crippen molar-refractivity contribution in [2.75, 3.05) is 0 Å². The monoisotopic (exact) mass is 278 g/mol. The van der Waals surface area contributed by atoms with Gasteiger partial charge in [0, 0.05) is 10.5 Å². The summed E-state index contributed by atoms with van der Waals surface area (Å²) in [5, 5.41) is 12.6. The largest absolute Gasteiger partial charge is 0.295 e. The molecule has 1 fully saturated rings. The summed E-state index contributed by atoms with van der Waals surface area (Å²) >= 11 is 3.40. The molecule has 1 saturated carbocycles. The van der Waals surface area contributed by atoms with Crippen molar-refractivity contribution in [1.82, 2.24) is 5.32 Å². The molecule has 3 heteroatoms. The van der Waals surface area contributed by atoms with E-state index in [1.807, 2.05) is 24.3 Å². The van der Waals surface area contributed by atoms with Gasteiger partial charge in [-0.1, -0.05) is 40.9 Å². The van der Waals surface area contributed by atoms with Crippen LogP contribution < -0.4 is 5.32 Å². The van der Waals surface area contributed by atoms with Gasteiger partial charge in [0.25, 0.3) is 0 Å². The lowest BCUT2D eigenvalue weighted by Crippen LogP contribution is -2.29. The molecule has 16 heavy (non-hydrogen) atoms. The summed E-state index contributed by atoms with van der Waals surface area (Å²) in [6.07, 6.45) is 4.98. The molecule has 1 unspecified atom stereocenters. The fourth-order valence-electron chi connectivity index (χ4n) is 2.19. The molecule has 0 radical (unpaired) electrons. The highest BCUT2D eigenvalue weighted by Crippen LogP contribution is 2.22. The van der Waals surface area contributed by atoms with Crippen LogP contribution in [0.15, 0.2) is 28.7 Å². The van der Waals surface area contributed by atoms with E-state index in [4.69, 9.17) is 0 Å². The SMILES string of the molecule is N#CC(NC1CCCC1)c1ccc(Br)cc1. The highest BCUT2D eigenvalue weighted by Gasteiger charge is 2.19. The predicted molar refractivity (Wildman–Crippen MR) is 67.9 cm³/mol. The average molecular weight is 279 g/mol. The van der Waals surface area contributed by atoms with Crippen LogP contribution in [0.2, 0.25) is 0 Å². The molecule has 84 valence electrons. The topological polar surface area (TPSA) is 35.8 Å². The second-order valence-electron chi connectivity index (χ2n) is 4.26. The molecule has 1 aromatic rings. The molecule has 1 aromatic carbocycles. The van der Waals surface area contributed by atoms with E-state index in [-0.39, 0.29) is 6.04 Å². The smallest absolute Gasteiger partial charge is 0.121 e. The molecule has 0 aliphatic heterocycles. The van der Waals surface area contributed by atoms with Gasteiger partial charge in [-0.2, -0.15) is 5.26 Å². The molecule has 1 atom stereocenters. The van der Waals surface area contributed by atoms with Crippen LogP contribution in [0.3, 0.4) is 0 Å². The predicted octanol–water partition coefficient (Wildman–Crippen LogP) is 3.55. The quantitative estimate of drug-likeness (QED) is 0.918. The van der Waals surface area contributed by atoms with E-state index in [0.29, 0.717) is 6.04 Å². The Labute approximate surface area is 105 Å². The van der Waals surface area contributed by atoms with E-state index in [1.165, 1.54) is 25.7 Å². The van der Waals surface area contributed by atoms with Crippen molar-refractivity contribution in [3.05, 3.63) is 34.3 Å². The maximum Gasteiger partial charge on any atom is 0.121 e. The zero-order valence-electron chi connectivity index (χ0n) is 9.12. The second kappa shape index (κ2) is 5.47. The summed E-state index contributed by atoms with van der Waals surface area (Å²) in [5.74, 6) is 0. The summed E-state index contributed by atoms with van der Waals surface area (Å²) in [7, 11) is 0. The van der Waals surface area contributed by atoms with E-state index in [0.717, 1.165) is 10.0 Å². The first-order valence-corrected chi connectivity index (χ1v) is 6.50. The Balaban J connectivity index is 2.04. The van der Waals surface area contributed by atoms with Crippen molar-refractivity contribution in [1.29, 1.82) is 5.26 Å². The maximum absolute atomic E-state index is 9.18. The molecule has 0 aromatic heterocycles. The van der Waals surface area contributed by atoms with Crippen LogP contribution in [0.5, 0.6) is 0 Å². The van der Waals surface area contributed by atoms with E-state index in [9.17, 15) is 5.26 Å². The molecule has 0 spiro atoms. The summed E-state index contributed by atoms with van der Waals surface area (Å²) in [6.45, 7) is 0. The Morgan fingerprint density at radius 2 is 1.88 bits per heavy atom. The number of halogens is 1. The second-order valence-corrected chi connectivity index (χ2v) is 5.18. The standard InChI is InChI=1S/C13H15BrN2/c14-11-7-5-10(6-8-11)13(9-15)16-12-3-1-2-4-12/h5-8,12-13,16H,1-4H2. The van der Waals surface area contributed by atoms with Crippen molar-refractivity contribution in [3.8, 4) is 6.07 Å². The first-order chi connectivity index (χ1) is 7.79. The molecule has 1 aliphatic rings. The Hall–Kier alpha value is -0.850. The van der Waals surface area contributed by atoms with Crippen LogP contribution in [0, 0.1) is 11.3 Å². The number of benzene rings is 1. The molecule has 0 heterocycles. The van der Waals surface area contributed by atoms with E-state index in [2.05, 4.69) is 27.3 Å². The van der Waals surface area contributed by atoms with Gasteiger partial charge < -0.3 is 0 Å². The number of nitrogens with one attached hydrogen (secondary N) is 1. The maximum atomic E-state index is 9.18. The third-order valence-corrected chi connectivity index (χ3v) is 3.62. The Morgan fingerprint density at radius 3 is 2.44 bits per heavy atom. The summed E-state index contributed by atoms with van der Waals surface area (Å²) in [6, 6.07) is 10.7. The Bertz CT molecular complexity index is 374. The molecule has 1 aliphatic carbocycles. The minimum Gasteiger partial charge on any atom is -0.295 e. The highest BCUT2D eigenvalue weighted by atomic mass is 79.9. The molecule has 0 amide bonds. The highest BCUT2D eigenvalue weighted by molar-refractivity contribution is 9.10. The lowest BCUT2D eigenvalue weighted by atomic mass is 10.1. The molecule has 2 rings (SSSR count). The molecular formula is C13H15BrN2. The zero-order chi connectivity index (χ0) is 11.4. The number of nitriles is 1. The molecular weight excluding hydrogens is 264 g/mol. The molecule has 0 saturated heterocycles. The van der Waals surface area contributed by atoms with E-state index in [1.54, 1.807) is 0 Å². The minimum atomic E-state index is -0.170. The lowest BCUT2D eigenvalue weighted by molar-refractivity contribution is 0.492. The number of nitrogens with zero attached hydrogens (tertiary/aromatic N) is 1. The van der Waals surface area contributed by atoms with Gasteiger partial charge in [0.15, 0.2) is 0 Å². The minimum absolute atomic E-state index is 0.170. The normalized spacial score (nSPS) is 18.2. The van der Waals surface area contributed by atoms with Crippen molar-refractivity contribution >= 4 is 15.9 Å². The van der Waals surface area contributed by atoms with E-state index < -0.39 is 0 Å². The van der Waals surface area contributed by atoms with Crippen molar-refractivity contribution in [3.63, 3.8) is 0 Å². The van der Waals surface area contributed by atoms with Gasteiger partial charge in [-0.05, 0) is 30.5 Å². The van der Waals surface area contributed by atoms with Crippen molar-refractivity contribution in [2.24, 2.45) is 0 Å². The van der Waals surface area contributed by atoms with Gasteiger partial charge in [0.1, 0.15) is 6.04 Å². The Morgan fingerprint density at radius 1 is 1.25 bits per heavy atom. The van der Waals surface area contributed by atoms with E-state index >= 15 is 0 Å². The van der Waals surface area contributed by atoms with Gasteiger partial charge in [0.05, 0.1) is 6.07 Å². The van der Waals surface area contributed by atoms with Crippen LogP contribution in [0.4, 0.5) is 0 Å². The summed E-state index contributed by atoms with van der Waals surface area (Å²) in [4.78, 5) is 0. The van der Waals surface area contributed by atoms with Crippen LogP contribution in [0.25, 0.3) is 0 Å². The zero-order valence-corrected chi connectivity index (χ0v) is 10.7. The summed E-state index contributed by atoms with van der Waals surface area (Å²) < 4.78 is 1.05. The van der Waals surface area contributed by atoms with Crippen LogP contribution in [-0.4, -0.2) is 6.04 Å². The van der Waals surface area contributed by atoms with Crippen LogP contribution in [-0.2, 0) is 0 Å². The van der Waals surface area contributed by atoms with Gasteiger partial charge in [-0.3, -0.25) is 5.32 Å². The molecule has 2 nitrogen and oxygen atoms in total. The third-order valence-electron chi connectivity index (χ3n) is 3.09. The van der Waals surface area contributed by atoms with Gasteiger partial charge in [-0.15, -0.1) is 0 Å². The third kappa shape index (κ3) is 2.84. The van der Waals surface area contributed by atoms with Crippen molar-refractivity contribution in [2.45, 2.75) is 37.8 Å². The number of hydrogen-bond acceptors (Lipinski definition) is 2. The number of rotatable bonds is 3. The first kappa shape index (κ1) is 11.6. The van der Waals surface area contributed by atoms with Gasteiger partial charge >= 0.3 is 0 Å². The molecule has 0 bridgehead atoms. The average Bonchev–Trinajstić information content (AvgIpc) is 2.80. The Kier molecular flexibility index (Phi) is 3.98. The van der Waals surface area contributed by atoms with Gasteiger partial charge in [0.2, 0.25) is 0 Å². The van der Waals surface area contributed by atoms with Crippen LogP contribution in [0.1, 0.15) is 37.3 Å². The fourth-order valence-corrected chi connectivity index (χ4v) is 2.46. The fraction of sp³-hybridized carbons (Fsp3) is 0.462. The van der Waals surface area contributed by atoms with Crippen molar-refractivity contribution < 1.29 is 0 Å². The lowest BCUT2D eigenvalue weighted by Gasteiger charge is -2.17. The number of hydrogen-bond donors (Lipinski definition) is 1. The summed E-state index contributed by atoms with van der Waals surface area (Å²) in [5.41, 5.74) is 1.05. The first-order valence-electron chi connectivity index (χ1n) is 5.71. The molecule has 1 N–H and O–H groups in total. The van der Waals surface area contributed by atoms with Gasteiger partial charge in [-0.25, -0.2) is 0 Å². The van der Waals surface area contributed by atoms with Crippen LogP contribution >= 0.6 is 15.9 Å².